The zero-order valence-corrected chi connectivity index (χ0v) is 17.3. The number of fused-ring (bicyclic) bond motifs is 1. The first-order chi connectivity index (χ1) is 14.5. The summed E-state index contributed by atoms with van der Waals surface area (Å²) in [5.74, 6) is -0.118. The fourth-order valence-electron chi connectivity index (χ4n) is 2.61. The van der Waals surface area contributed by atoms with Gasteiger partial charge in [-0.3, -0.25) is 4.79 Å². The molecule has 0 fully saturated rings. The lowest BCUT2D eigenvalue weighted by Gasteiger charge is -2.16. The van der Waals surface area contributed by atoms with Gasteiger partial charge in [0.25, 0.3) is 5.91 Å². The quantitative estimate of drug-likeness (QED) is 0.388. The highest BCUT2D eigenvalue weighted by Gasteiger charge is 2.12. The van der Waals surface area contributed by atoms with E-state index in [1.165, 1.54) is 17.8 Å². The minimum atomic E-state index is -0.643. The van der Waals surface area contributed by atoms with Crippen LogP contribution in [0.1, 0.15) is 5.56 Å². The smallest absolute Gasteiger partial charge is 0.331 e. The number of nitrogens with one attached hydrogen (secondary N) is 1. The molecule has 30 heavy (non-hydrogen) atoms. The molecular formula is C22H17ClN2O4S. The number of anilines is 1. The number of para-hydroxylation sites is 1. The molecule has 0 saturated heterocycles. The van der Waals surface area contributed by atoms with Gasteiger partial charge < -0.3 is 14.8 Å². The second-order valence-electron chi connectivity index (χ2n) is 6.12. The molecule has 1 aliphatic rings. The molecule has 0 spiro atoms. The van der Waals surface area contributed by atoms with Gasteiger partial charge in [-0.1, -0.05) is 23.7 Å². The summed E-state index contributed by atoms with van der Waals surface area (Å²) in [6, 6.07) is 14.5. The van der Waals surface area contributed by atoms with E-state index in [1.54, 1.807) is 42.5 Å². The summed E-state index contributed by atoms with van der Waals surface area (Å²) in [6.45, 7) is -0.107. The van der Waals surface area contributed by atoms with Crippen molar-refractivity contribution in [3.8, 4) is 11.8 Å². The molecule has 0 unspecified atom stereocenters. The van der Waals surface area contributed by atoms with Crippen LogP contribution < -0.4 is 10.1 Å². The molecule has 0 aliphatic carbocycles. The summed E-state index contributed by atoms with van der Waals surface area (Å²) >= 11 is 7.30. The van der Waals surface area contributed by atoms with Crippen molar-refractivity contribution < 1.29 is 19.1 Å². The molecule has 0 bridgehead atoms. The Bertz CT molecular complexity index is 1060. The SMILES string of the molecule is N#CCSc1ccccc1NC(=O)COC(=O)C=CC1=Cc2cc(Cl)ccc2OC1. The first-order valence-electron chi connectivity index (χ1n) is 8.91. The van der Waals surface area contributed by atoms with Crippen LogP contribution in [0.25, 0.3) is 6.08 Å². The number of benzene rings is 2. The summed E-state index contributed by atoms with van der Waals surface area (Å²) < 4.78 is 10.6. The molecule has 1 amide bonds. The van der Waals surface area contributed by atoms with Crippen LogP contribution in [0, 0.1) is 11.3 Å². The third-order valence-electron chi connectivity index (χ3n) is 3.94. The van der Waals surface area contributed by atoms with E-state index >= 15 is 0 Å². The van der Waals surface area contributed by atoms with Crippen molar-refractivity contribution in [2.75, 3.05) is 24.3 Å². The largest absolute Gasteiger partial charge is 0.488 e. The maximum absolute atomic E-state index is 12.1. The normalized spacial score (nSPS) is 12.3. The van der Waals surface area contributed by atoms with E-state index in [0.29, 0.717) is 17.3 Å². The lowest BCUT2D eigenvalue weighted by atomic mass is 10.1. The molecule has 2 aromatic carbocycles. The number of halogens is 1. The highest BCUT2D eigenvalue weighted by atomic mass is 35.5. The zero-order valence-electron chi connectivity index (χ0n) is 15.8. The van der Waals surface area contributed by atoms with Gasteiger partial charge in [0.2, 0.25) is 0 Å². The number of ether oxygens (including phenoxy) is 2. The summed E-state index contributed by atoms with van der Waals surface area (Å²) in [5.41, 5.74) is 2.17. The van der Waals surface area contributed by atoms with Crippen molar-refractivity contribution >= 4 is 47.0 Å². The van der Waals surface area contributed by atoms with Gasteiger partial charge in [-0.25, -0.2) is 4.79 Å². The summed E-state index contributed by atoms with van der Waals surface area (Å²) in [6.07, 6.45) is 4.70. The number of carbonyl (C=O) groups excluding carboxylic acids is 2. The van der Waals surface area contributed by atoms with Crippen molar-refractivity contribution in [2.45, 2.75) is 4.90 Å². The molecule has 0 atom stereocenters. The molecule has 152 valence electrons. The number of nitrogens with zero attached hydrogens (tertiary/aromatic N) is 1. The zero-order chi connectivity index (χ0) is 21.3. The monoisotopic (exact) mass is 440 g/mol. The van der Waals surface area contributed by atoms with Crippen LogP contribution in [0.5, 0.6) is 5.75 Å². The van der Waals surface area contributed by atoms with Crippen LogP contribution >= 0.6 is 23.4 Å². The summed E-state index contributed by atoms with van der Waals surface area (Å²) in [5, 5.41) is 12.0. The third kappa shape index (κ3) is 6.14. The average molecular weight is 441 g/mol. The maximum atomic E-state index is 12.1. The van der Waals surface area contributed by atoms with Crippen LogP contribution in [0.15, 0.2) is 65.1 Å². The molecule has 1 heterocycles. The summed E-state index contributed by atoms with van der Waals surface area (Å²) in [4.78, 5) is 24.8. The minimum Gasteiger partial charge on any atom is -0.488 e. The number of hydrogen-bond acceptors (Lipinski definition) is 6. The van der Waals surface area contributed by atoms with Gasteiger partial charge in [0.15, 0.2) is 6.61 Å². The number of hydrogen-bond donors (Lipinski definition) is 1. The van der Waals surface area contributed by atoms with E-state index in [-0.39, 0.29) is 5.75 Å². The lowest BCUT2D eigenvalue weighted by Crippen LogP contribution is -2.20. The Kier molecular flexibility index (Phi) is 7.55. The predicted octanol–water partition coefficient (Wildman–Crippen LogP) is 4.47. The highest BCUT2D eigenvalue weighted by molar-refractivity contribution is 7.99. The molecule has 2 aromatic rings. The Hall–Kier alpha value is -3.21. The molecule has 3 rings (SSSR count). The number of amides is 1. The fraction of sp³-hybridized carbons (Fsp3) is 0.136. The molecule has 1 aliphatic heterocycles. The van der Waals surface area contributed by atoms with E-state index in [4.69, 9.17) is 26.3 Å². The Morgan fingerprint density at radius 3 is 2.97 bits per heavy atom. The van der Waals surface area contributed by atoms with Gasteiger partial charge in [-0.15, -0.1) is 11.8 Å². The molecule has 6 nitrogen and oxygen atoms in total. The Morgan fingerprint density at radius 1 is 1.30 bits per heavy atom. The van der Waals surface area contributed by atoms with E-state index in [0.717, 1.165) is 21.8 Å². The van der Waals surface area contributed by atoms with Crippen LogP contribution in [0.2, 0.25) is 5.02 Å². The Labute approximate surface area is 183 Å². The number of rotatable bonds is 7. The molecular weight excluding hydrogens is 424 g/mol. The molecule has 0 aromatic heterocycles. The maximum Gasteiger partial charge on any atom is 0.331 e. The van der Waals surface area contributed by atoms with Crippen LogP contribution in [0.3, 0.4) is 0 Å². The van der Waals surface area contributed by atoms with Crippen molar-refractivity contribution in [3.05, 3.63) is 70.8 Å². The topological polar surface area (TPSA) is 88.4 Å². The second kappa shape index (κ2) is 10.5. The number of thioether (sulfide) groups is 1. The van der Waals surface area contributed by atoms with Crippen molar-refractivity contribution in [3.63, 3.8) is 0 Å². The number of carbonyl (C=O) groups is 2. The van der Waals surface area contributed by atoms with E-state index < -0.39 is 18.5 Å². The minimum absolute atomic E-state index is 0.267. The Morgan fingerprint density at radius 2 is 2.13 bits per heavy atom. The van der Waals surface area contributed by atoms with Gasteiger partial charge in [-0.05, 0) is 48.1 Å². The molecule has 0 saturated carbocycles. The van der Waals surface area contributed by atoms with Gasteiger partial charge in [0, 0.05) is 21.6 Å². The standard InChI is InChI=1S/C22H17ClN2O4S/c23-17-6-7-19-16(12-17)11-15(13-28-19)5-8-22(27)29-14-21(26)25-18-3-1-2-4-20(18)30-10-9-24/h1-8,11-12H,10,13-14H2,(H,25,26). The first kappa shape index (κ1) is 21.5. The lowest BCUT2D eigenvalue weighted by molar-refractivity contribution is -0.142. The predicted molar refractivity (Wildman–Crippen MR) is 116 cm³/mol. The van der Waals surface area contributed by atoms with Crippen LogP contribution in [-0.2, 0) is 14.3 Å². The fourth-order valence-corrected chi connectivity index (χ4v) is 3.46. The van der Waals surface area contributed by atoms with Crippen molar-refractivity contribution in [1.29, 1.82) is 5.26 Å². The third-order valence-corrected chi connectivity index (χ3v) is 5.11. The van der Waals surface area contributed by atoms with Gasteiger partial charge >= 0.3 is 5.97 Å². The van der Waals surface area contributed by atoms with E-state index in [9.17, 15) is 9.59 Å². The molecule has 1 N–H and O–H groups in total. The number of esters is 1. The van der Waals surface area contributed by atoms with Gasteiger partial charge in [0.1, 0.15) is 12.4 Å². The van der Waals surface area contributed by atoms with Crippen LogP contribution in [0.4, 0.5) is 5.69 Å². The van der Waals surface area contributed by atoms with Crippen molar-refractivity contribution in [2.24, 2.45) is 0 Å². The van der Waals surface area contributed by atoms with Gasteiger partial charge in [0.05, 0.1) is 17.5 Å². The second-order valence-corrected chi connectivity index (χ2v) is 7.58. The molecule has 0 radical (unpaired) electrons. The Balaban J connectivity index is 1.51. The first-order valence-corrected chi connectivity index (χ1v) is 10.3. The van der Waals surface area contributed by atoms with Crippen LogP contribution in [-0.4, -0.2) is 30.8 Å². The molecule has 8 heteroatoms. The van der Waals surface area contributed by atoms with Gasteiger partial charge in [-0.2, -0.15) is 5.26 Å². The van der Waals surface area contributed by atoms with Crippen molar-refractivity contribution in [1.82, 2.24) is 0 Å². The van der Waals surface area contributed by atoms with E-state index in [1.807, 2.05) is 18.2 Å². The highest BCUT2D eigenvalue weighted by Crippen LogP contribution is 2.29. The summed E-state index contributed by atoms with van der Waals surface area (Å²) in [7, 11) is 0. The number of nitriles is 1. The van der Waals surface area contributed by atoms with E-state index in [2.05, 4.69) is 5.32 Å². The average Bonchev–Trinajstić information content (AvgIpc) is 2.75.